The van der Waals surface area contributed by atoms with Gasteiger partial charge in [0.25, 0.3) is 0 Å². The van der Waals surface area contributed by atoms with Gasteiger partial charge in [0.2, 0.25) is 0 Å². The average molecular weight is 395 g/mol. The fraction of sp³-hybridized carbons (Fsp3) is 0.208. The second kappa shape index (κ2) is 8.93. The molecule has 0 bridgehead atoms. The number of aryl methyl sites for hydroxylation is 1. The van der Waals surface area contributed by atoms with Crippen LogP contribution in [0.4, 0.5) is 13.2 Å². The summed E-state index contributed by atoms with van der Waals surface area (Å²) in [6, 6.07) is 13.9. The summed E-state index contributed by atoms with van der Waals surface area (Å²) in [5.41, 5.74) is 1.50. The molecule has 0 unspecified atom stereocenters. The lowest BCUT2D eigenvalue weighted by atomic mass is 9.90. The zero-order valence-electron chi connectivity index (χ0n) is 16.0. The SMILES string of the molecule is CCCCc1ccc(-c2c(-c3ccc(C#N)c(F)c3)cc(F)c(CO)c2F)cc1. The minimum absolute atomic E-state index is 0.0848. The molecule has 3 rings (SSSR count). The normalized spacial score (nSPS) is 10.8. The van der Waals surface area contributed by atoms with Crippen molar-refractivity contribution in [2.45, 2.75) is 32.8 Å². The molecule has 0 radical (unpaired) electrons. The first-order valence-corrected chi connectivity index (χ1v) is 9.41. The van der Waals surface area contributed by atoms with Crippen LogP contribution in [0.3, 0.4) is 0 Å². The number of nitriles is 1. The zero-order valence-corrected chi connectivity index (χ0v) is 16.0. The molecule has 0 spiro atoms. The predicted octanol–water partition coefficient (Wildman–Crippen LogP) is 6.14. The topological polar surface area (TPSA) is 44.0 Å². The molecule has 3 aromatic rings. The Labute approximate surface area is 167 Å². The van der Waals surface area contributed by atoms with Gasteiger partial charge in [-0.3, -0.25) is 0 Å². The molecule has 0 saturated carbocycles. The highest BCUT2D eigenvalue weighted by molar-refractivity contribution is 5.85. The van der Waals surface area contributed by atoms with E-state index in [0.29, 0.717) is 5.56 Å². The van der Waals surface area contributed by atoms with Gasteiger partial charge in [0.05, 0.1) is 12.2 Å². The lowest BCUT2D eigenvalue weighted by Crippen LogP contribution is -2.01. The maximum absolute atomic E-state index is 15.2. The molecule has 2 nitrogen and oxygen atoms in total. The summed E-state index contributed by atoms with van der Waals surface area (Å²) in [6.07, 6.45) is 3.00. The molecular weight excluding hydrogens is 375 g/mol. The third-order valence-corrected chi connectivity index (χ3v) is 4.93. The predicted molar refractivity (Wildman–Crippen MR) is 106 cm³/mol. The minimum Gasteiger partial charge on any atom is -0.391 e. The lowest BCUT2D eigenvalue weighted by Gasteiger charge is -2.16. The van der Waals surface area contributed by atoms with E-state index in [4.69, 9.17) is 5.26 Å². The molecule has 0 aliphatic carbocycles. The summed E-state index contributed by atoms with van der Waals surface area (Å²) in [4.78, 5) is 0. The molecular formula is C24H20F3NO. The first-order chi connectivity index (χ1) is 14.0. The van der Waals surface area contributed by atoms with Crippen LogP contribution in [0.15, 0.2) is 48.5 Å². The van der Waals surface area contributed by atoms with E-state index in [9.17, 15) is 13.9 Å². The van der Waals surface area contributed by atoms with Crippen molar-refractivity contribution >= 4 is 0 Å². The Morgan fingerprint density at radius 3 is 2.21 bits per heavy atom. The maximum atomic E-state index is 15.2. The average Bonchev–Trinajstić information content (AvgIpc) is 2.72. The molecule has 0 aliphatic heterocycles. The van der Waals surface area contributed by atoms with Crippen LogP contribution in [0.5, 0.6) is 0 Å². The van der Waals surface area contributed by atoms with Gasteiger partial charge in [-0.25, -0.2) is 13.2 Å². The number of rotatable bonds is 6. The van der Waals surface area contributed by atoms with Crippen LogP contribution >= 0.6 is 0 Å². The van der Waals surface area contributed by atoms with Gasteiger partial charge in [0.1, 0.15) is 23.5 Å². The first kappa shape index (κ1) is 20.6. The van der Waals surface area contributed by atoms with Crippen molar-refractivity contribution in [3.8, 4) is 28.3 Å². The van der Waals surface area contributed by atoms with Crippen LogP contribution < -0.4 is 0 Å². The van der Waals surface area contributed by atoms with Crippen molar-refractivity contribution in [2.24, 2.45) is 0 Å². The number of aliphatic hydroxyl groups is 1. The third-order valence-electron chi connectivity index (χ3n) is 4.93. The van der Waals surface area contributed by atoms with E-state index in [1.54, 1.807) is 18.2 Å². The van der Waals surface area contributed by atoms with Crippen molar-refractivity contribution in [1.29, 1.82) is 5.26 Å². The summed E-state index contributed by atoms with van der Waals surface area (Å²) in [7, 11) is 0. The molecule has 0 fully saturated rings. The largest absolute Gasteiger partial charge is 0.391 e. The number of nitrogens with zero attached hydrogens (tertiary/aromatic N) is 1. The molecule has 148 valence electrons. The molecule has 0 atom stereocenters. The highest BCUT2D eigenvalue weighted by atomic mass is 19.1. The van der Waals surface area contributed by atoms with Gasteiger partial charge in [0.15, 0.2) is 0 Å². The van der Waals surface area contributed by atoms with Gasteiger partial charge < -0.3 is 5.11 Å². The van der Waals surface area contributed by atoms with Crippen molar-refractivity contribution < 1.29 is 18.3 Å². The molecule has 0 saturated heterocycles. The van der Waals surface area contributed by atoms with Crippen molar-refractivity contribution in [3.05, 3.63) is 82.7 Å². The highest BCUT2D eigenvalue weighted by Gasteiger charge is 2.21. The van der Waals surface area contributed by atoms with Gasteiger partial charge in [0, 0.05) is 11.1 Å². The van der Waals surface area contributed by atoms with Crippen LogP contribution in [-0.4, -0.2) is 5.11 Å². The van der Waals surface area contributed by atoms with Crippen LogP contribution in [0.25, 0.3) is 22.3 Å². The summed E-state index contributed by atoms with van der Waals surface area (Å²) in [5, 5.41) is 18.3. The lowest BCUT2D eigenvalue weighted by molar-refractivity contribution is 0.269. The molecule has 3 aromatic carbocycles. The quantitative estimate of drug-likeness (QED) is 0.544. The second-order valence-corrected chi connectivity index (χ2v) is 6.84. The molecule has 5 heteroatoms. The van der Waals surface area contributed by atoms with Crippen molar-refractivity contribution in [1.82, 2.24) is 0 Å². The number of unbranched alkanes of at least 4 members (excludes halogenated alkanes) is 1. The smallest absolute Gasteiger partial charge is 0.141 e. The van der Waals surface area contributed by atoms with E-state index >= 15 is 4.39 Å². The Balaban J connectivity index is 2.19. The standard InChI is InChI=1S/C24H20F3NO/c1-2-3-4-15-5-7-16(8-6-15)23-19(12-22(26)20(14-29)24(23)27)17-9-10-18(13-28)21(25)11-17/h5-12,29H,2-4,14H2,1H3. The van der Waals surface area contributed by atoms with Crippen molar-refractivity contribution in [3.63, 3.8) is 0 Å². The van der Waals surface area contributed by atoms with E-state index in [1.165, 1.54) is 12.1 Å². The monoisotopic (exact) mass is 395 g/mol. The van der Waals surface area contributed by atoms with E-state index in [-0.39, 0.29) is 22.3 Å². The third kappa shape index (κ3) is 4.18. The Morgan fingerprint density at radius 2 is 1.62 bits per heavy atom. The second-order valence-electron chi connectivity index (χ2n) is 6.84. The molecule has 0 heterocycles. The summed E-state index contributed by atoms with van der Waals surface area (Å²) in [5.74, 6) is -2.56. The zero-order chi connectivity index (χ0) is 21.0. The highest BCUT2D eigenvalue weighted by Crippen LogP contribution is 2.38. The number of halogens is 3. The van der Waals surface area contributed by atoms with Crippen LogP contribution in [0.2, 0.25) is 0 Å². The number of hydrogen-bond donors (Lipinski definition) is 1. The summed E-state index contributed by atoms with van der Waals surface area (Å²) >= 11 is 0. The Morgan fingerprint density at radius 1 is 0.931 bits per heavy atom. The summed E-state index contributed by atoms with van der Waals surface area (Å²) < 4.78 is 43.7. The molecule has 29 heavy (non-hydrogen) atoms. The molecule has 0 aromatic heterocycles. The van der Waals surface area contributed by atoms with E-state index in [2.05, 4.69) is 6.92 Å². The first-order valence-electron chi connectivity index (χ1n) is 9.41. The van der Waals surface area contributed by atoms with Gasteiger partial charge in [-0.2, -0.15) is 5.26 Å². The van der Waals surface area contributed by atoms with Crippen LogP contribution in [0.1, 0.15) is 36.5 Å². The van der Waals surface area contributed by atoms with Gasteiger partial charge in [-0.1, -0.05) is 43.7 Å². The van der Waals surface area contributed by atoms with Crippen molar-refractivity contribution in [2.75, 3.05) is 0 Å². The summed E-state index contributed by atoms with van der Waals surface area (Å²) in [6.45, 7) is 1.31. The minimum atomic E-state index is -0.909. The number of benzene rings is 3. The van der Waals surface area contributed by atoms with E-state index in [0.717, 1.165) is 37.0 Å². The number of hydrogen-bond acceptors (Lipinski definition) is 2. The fourth-order valence-corrected chi connectivity index (χ4v) is 3.31. The van der Waals surface area contributed by atoms with Gasteiger partial charge in [-0.15, -0.1) is 0 Å². The number of aliphatic hydroxyl groups excluding tert-OH is 1. The van der Waals surface area contributed by atoms with Crippen LogP contribution in [0, 0.1) is 28.8 Å². The molecule has 0 aliphatic rings. The van der Waals surface area contributed by atoms with E-state index < -0.39 is 29.6 Å². The molecule has 1 N–H and O–H groups in total. The Bertz CT molecular complexity index is 1070. The van der Waals surface area contributed by atoms with Gasteiger partial charge in [-0.05, 0) is 53.3 Å². The van der Waals surface area contributed by atoms with Crippen LogP contribution in [-0.2, 0) is 13.0 Å². The van der Waals surface area contributed by atoms with E-state index in [1.807, 2.05) is 12.1 Å². The fourth-order valence-electron chi connectivity index (χ4n) is 3.31. The molecule has 0 amide bonds. The Kier molecular flexibility index (Phi) is 6.36. The van der Waals surface area contributed by atoms with Gasteiger partial charge >= 0.3 is 0 Å². The maximum Gasteiger partial charge on any atom is 0.141 e. The Hall–Kier alpha value is -3.10.